The summed E-state index contributed by atoms with van der Waals surface area (Å²) in [6.45, 7) is 2.56. The summed E-state index contributed by atoms with van der Waals surface area (Å²) in [5.74, 6) is 0.484. The number of carbonyl (C=O) groups is 3. The van der Waals surface area contributed by atoms with Crippen LogP contribution in [0, 0.1) is 0 Å². The number of anilines is 1. The Labute approximate surface area is 202 Å². The molecule has 3 fully saturated rings. The van der Waals surface area contributed by atoms with Crippen molar-refractivity contribution in [2.45, 2.75) is 30.8 Å². The molecule has 178 valence electrons. The van der Waals surface area contributed by atoms with E-state index in [0.717, 1.165) is 17.7 Å². The fourth-order valence-corrected chi connectivity index (χ4v) is 5.32. The Bertz CT molecular complexity index is 1290. The molecular formula is C26H26N6O3. The van der Waals surface area contributed by atoms with Gasteiger partial charge < -0.3 is 9.80 Å². The average Bonchev–Trinajstić information content (AvgIpc) is 3.47. The van der Waals surface area contributed by atoms with E-state index in [1.165, 1.54) is 4.90 Å². The maximum absolute atomic E-state index is 13.5. The Balaban J connectivity index is 1.17. The molecule has 1 unspecified atom stereocenters. The van der Waals surface area contributed by atoms with Crippen LogP contribution in [-0.4, -0.2) is 73.7 Å². The lowest BCUT2D eigenvalue weighted by molar-refractivity contribution is -0.134. The summed E-state index contributed by atoms with van der Waals surface area (Å²) in [4.78, 5) is 44.6. The Morgan fingerprint density at radius 1 is 1.00 bits per heavy atom. The number of carbonyl (C=O) groups excluding carboxylic acids is 3. The third-order valence-electron chi connectivity index (χ3n) is 7.29. The predicted molar refractivity (Wildman–Crippen MR) is 129 cm³/mol. The summed E-state index contributed by atoms with van der Waals surface area (Å²) in [5, 5.41) is 7.23. The molecule has 3 heterocycles. The molecule has 2 aliphatic heterocycles. The Kier molecular flexibility index (Phi) is 4.87. The van der Waals surface area contributed by atoms with E-state index in [-0.39, 0.29) is 36.5 Å². The first-order valence-electron chi connectivity index (χ1n) is 11.8. The van der Waals surface area contributed by atoms with E-state index in [1.807, 2.05) is 60.7 Å². The number of piperazine rings is 1. The van der Waals surface area contributed by atoms with Crippen molar-refractivity contribution in [3.05, 3.63) is 78.5 Å². The van der Waals surface area contributed by atoms with Crippen LogP contribution < -0.4 is 5.32 Å². The van der Waals surface area contributed by atoms with Gasteiger partial charge in [-0.05, 0) is 31.0 Å². The van der Waals surface area contributed by atoms with Crippen LogP contribution in [0.5, 0.6) is 0 Å². The monoisotopic (exact) mass is 470 g/mol. The van der Waals surface area contributed by atoms with Crippen molar-refractivity contribution in [1.82, 2.24) is 24.5 Å². The van der Waals surface area contributed by atoms with Gasteiger partial charge in [0.15, 0.2) is 0 Å². The van der Waals surface area contributed by atoms with E-state index in [9.17, 15) is 14.4 Å². The number of hydrogen-bond acceptors (Lipinski definition) is 4. The van der Waals surface area contributed by atoms with E-state index in [0.29, 0.717) is 18.9 Å². The highest BCUT2D eigenvalue weighted by molar-refractivity contribution is 6.08. The lowest BCUT2D eigenvalue weighted by Crippen LogP contribution is -2.62. The fraction of sp³-hybridized carbons (Fsp3) is 0.308. The zero-order valence-corrected chi connectivity index (χ0v) is 19.4. The highest BCUT2D eigenvalue weighted by Crippen LogP contribution is 2.48. The van der Waals surface area contributed by atoms with Crippen molar-refractivity contribution in [1.29, 1.82) is 0 Å². The number of urea groups is 2. The van der Waals surface area contributed by atoms with E-state index in [4.69, 9.17) is 0 Å². The zero-order valence-electron chi connectivity index (χ0n) is 19.4. The minimum Gasteiger partial charge on any atom is -0.320 e. The summed E-state index contributed by atoms with van der Waals surface area (Å²) < 4.78 is 1.65. The molecule has 35 heavy (non-hydrogen) atoms. The maximum Gasteiger partial charge on any atom is 0.328 e. The van der Waals surface area contributed by atoms with Crippen molar-refractivity contribution in [3.63, 3.8) is 0 Å². The number of nitrogens with one attached hydrogen (secondary N) is 1. The summed E-state index contributed by atoms with van der Waals surface area (Å²) in [6.07, 6.45) is 2.40. The highest BCUT2D eigenvalue weighted by atomic mass is 16.2. The lowest BCUT2D eigenvalue weighted by atomic mass is 9.97. The summed E-state index contributed by atoms with van der Waals surface area (Å²) in [7, 11) is 0. The van der Waals surface area contributed by atoms with E-state index >= 15 is 0 Å². The number of hydrogen-bond donors (Lipinski definition) is 1. The Hall–Kier alpha value is -4.14. The van der Waals surface area contributed by atoms with Gasteiger partial charge in [0.25, 0.3) is 5.91 Å². The van der Waals surface area contributed by atoms with Gasteiger partial charge in [-0.25, -0.2) is 14.3 Å². The van der Waals surface area contributed by atoms with Crippen LogP contribution in [0.1, 0.15) is 24.8 Å². The highest BCUT2D eigenvalue weighted by Gasteiger charge is 2.62. The fourth-order valence-electron chi connectivity index (χ4n) is 5.32. The third-order valence-corrected chi connectivity index (χ3v) is 7.29. The number of rotatable bonds is 4. The van der Waals surface area contributed by atoms with Crippen LogP contribution >= 0.6 is 0 Å². The normalized spacial score (nSPS) is 25.6. The molecule has 9 nitrogen and oxygen atoms in total. The van der Waals surface area contributed by atoms with Crippen molar-refractivity contribution < 1.29 is 14.4 Å². The molecule has 2 saturated heterocycles. The number of aromatic nitrogens is 2. The van der Waals surface area contributed by atoms with Crippen molar-refractivity contribution in [2.24, 2.45) is 0 Å². The van der Waals surface area contributed by atoms with Gasteiger partial charge in [-0.1, -0.05) is 48.5 Å². The first-order valence-corrected chi connectivity index (χ1v) is 11.8. The molecule has 5 amide bonds. The van der Waals surface area contributed by atoms with Gasteiger partial charge in [0.1, 0.15) is 11.4 Å². The van der Waals surface area contributed by atoms with Gasteiger partial charge in [-0.2, -0.15) is 5.10 Å². The Morgan fingerprint density at radius 3 is 2.46 bits per heavy atom. The summed E-state index contributed by atoms with van der Waals surface area (Å²) >= 11 is 0. The maximum atomic E-state index is 13.5. The molecule has 0 bridgehead atoms. The van der Waals surface area contributed by atoms with E-state index < -0.39 is 5.54 Å². The molecule has 3 aliphatic rings. The van der Waals surface area contributed by atoms with Crippen LogP contribution in [0.25, 0.3) is 5.69 Å². The number of benzene rings is 2. The smallest absolute Gasteiger partial charge is 0.320 e. The SMILES string of the molecule is CC12CN(C(=O)Nc3ccnn3-c3ccccc3)CCN1C(=O)N([C@H]1C[C@@H]1c1ccccc1)C2=O. The van der Waals surface area contributed by atoms with Crippen LogP contribution in [0.2, 0.25) is 0 Å². The van der Waals surface area contributed by atoms with Crippen LogP contribution in [0.15, 0.2) is 72.9 Å². The molecule has 9 heteroatoms. The first kappa shape index (κ1) is 21.4. The van der Waals surface area contributed by atoms with Gasteiger partial charge in [-0.15, -0.1) is 0 Å². The number of nitrogens with zero attached hydrogens (tertiary/aromatic N) is 5. The molecule has 1 saturated carbocycles. The topological polar surface area (TPSA) is 90.8 Å². The van der Waals surface area contributed by atoms with Gasteiger partial charge in [-0.3, -0.25) is 15.0 Å². The number of fused-ring (bicyclic) bond motifs is 1. The molecule has 2 aromatic carbocycles. The second kappa shape index (κ2) is 7.97. The number of imide groups is 1. The number of amides is 5. The van der Waals surface area contributed by atoms with E-state index in [2.05, 4.69) is 10.4 Å². The zero-order chi connectivity index (χ0) is 24.2. The molecule has 3 aromatic rings. The molecule has 6 rings (SSSR count). The van der Waals surface area contributed by atoms with Crippen molar-refractivity contribution in [3.8, 4) is 5.69 Å². The van der Waals surface area contributed by atoms with Gasteiger partial charge in [0.05, 0.1) is 18.4 Å². The van der Waals surface area contributed by atoms with Crippen molar-refractivity contribution in [2.75, 3.05) is 25.0 Å². The van der Waals surface area contributed by atoms with Crippen LogP contribution in [0.3, 0.4) is 0 Å². The van der Waals surface area contributed by atoms with Gasteiger partial charge >= 0.3 is 12.1 Å². The van der Waals surface area contributed by atoms with Crippen LogP contribution in [0.4, 0.5) is 15.4 Å². The number of para-hydroxylation sites is 1. The quantitative estimate of drug-likeness (QED) is 0.593. The molecule has 0 spiro atoms. The summed E-state index contributed by atoms with van der Waals surface area (Å²) in [5.41, 5.74) is 0.897. The minimum absolute atomic E-state index is 0.123. The molecule has 3 atom stereocenters. The standard InChI is InChI=1S/C26H26N6O3/c1-26-17-29(24(34)28-22-12-13-27-32(22)19-10-6-3-7-11-19)14-15-30(26)25(35)31(23(26)33)21-16-20(21)18-8-4-2-5-9-18/h2-13,20-21H,14-17H2,1H3,(H,28,34)/t20-,21+,26?/m1/s1. The molecule has 0 radical (unpaired) electrons. The molecular weight excluding hydrogens is 444 g/mol. The van der Waals surface area contributed by atoms with Crippen molar-refractivity contribution >= 4 is 23.8 Å². The molecule has 1 aliphatic carbocycles. The second-order valence-corrected chi connectivity index (χ2v) is 9.52. The lowest BCUT2D eigenvalue weighted by Gasteiger charge is -2.42. The predicted octanol–water partition coefficient (Wildman–Crippen LogP) is 3.30. The second-order valence-electron chi connectivity index (χ2n) is 9.52. The largest absolute Gasteiger partial charge is 0.328 e. The molecule has 1 aromatic heterocycles. The van der Waals surface area contributed by atoms with Gasteiger partial charge in [0, 0.05) is 31.1 Å². The van der Waals surface area contributed by atoms with Crippen LogP contribution in [-0.2, 0) is 4.79 Å². The first-order chi connectivity index (χ1) is 17.0. The molecule has 1 N–H and O–H groups in total. The Morgan fingerprint density at radius 2 is 1.71 bits per heavy atom. The minimum atomic E-state index is -1.07. The average molecular weight is 471 g/mol. The third kappa shape index (κ3) is 3.46. The van der Waals surface area contributed by atoms with Gasteiger partial charge in [0.2, 0.25) is 0 Å². The van der Waals surface area contributed by atoms with E-state index in [1.54, 1.807) is 33.7 Å². The summed E-state index contributed by atoms with van der Waals surface area (Å²) in [6, 6.07) is 20.5.